The molecular weight excluding hydrogens is 228 g/mol. The molecule has 0 fully saturated rings. The van der Waals surface area contributed by atoms with E-state index in [0.717, 1.165) is 6.42 Å². The molecule has 0 unspecified atom stereocenters. The van der Waals surface area contributed by atoms with Crippen molar-refractivity contribution in [2.75, 3.05) is 20.1 Å². The van der Waals surface area contributed by atoms with Crippen LogP contribution in [0.5, 0.6) is 5.75 Å². The number of carbonyl (C=O) groups is 1. The van der Waals surface area contributed by atoms with Crippen molar-refractivity contribution in [1.29, 1.82) is 0 Å². The van der Waals surface area contributed by atoms with Gasteiger partial charge in [-0.3, -0.25) is 4.79 Å². The van der Waals surface area contributed by atoms with Gasteiger partial charge in [-0.1, -0.05) is 11.6 Å². The average Bonchev–Trinajstić information content (AvgIpc) is 2.28. The number of carbonyl (C=O) groups excluding carboxylic acids is 1. The lowest BCUT2D eigenvalue weighted by molar-refractivity contribution is 0.0794. The molecular formula is C11H15ClN2O2. The maximum absolute atomic E-state index is 11.9. The van der Waals surface area contributed by atoms with E-state index in [4.69, 9.17) is 17.3 Å². The van der Waals surface area contributed by atoms with Crippen LogP contribution in [0.2, 0.25) is 5.02 Å². The number of amides is 1. The van der Waals surface area contributed by atoms with Crippen molar-refractivity contribution in [1.82, 2.24) is 4.90 Å². The van der Waals surface area contributed by atoms with Crippen LogP contribution in [0.1, 0.15) is 16.8 Å². The predicted molar refractivity (Wildman–Crippen MR) is 63.7 cm³/mol. The Bertz CT molecular complexity index is 382. The average molecular weight is 243 g/mol. The predicted octanol–water partition coefficient (Wildman–Crippen LogP) is 1.47. The first kappa shape index (κ1) is 12.8. The quantitative estimate of drug-likeness (QED) is 0.840. The van der Waals surface area contributed by atoms with E-state index in [0.29, 0.717) is 23.7 Å². The SMILES string of the molecule is CN(CCCN)C(=O)c1cc(O)ccc1Cl. The largest absolute Gasteiger partial charge is 0.508 e. The molecule has 0 aliphatic carbocycles. The minimum atomic E-state index is -0.214. The van der Waals surface area contributed by atoms with Crippen molar-refractivity contribution in [3.8, 4) is 5.75 Å². The van der Waals surface area contributed by atoms with Gasteiger partial charge in [-0.05, 0) is 31.2 Å². The normalized spacial score (nSPS) is 10.2. The first-order valence-electron chi connectivity index (χ1n) is 5.00. The molecule has 1 rings (SSSR count). The van der Waals surface area contributed by atoms with Crippen LogP contribution in [0.3, 0.4) is 0 Å². The van der Waals surface area contributed by atoms with Crippen LogP contribution < -0.4 is 5.73 Å². The Labute approximate surface area is 99.6 Å². The molecule has 1 amide bonds. The van der Waals surface area contributed by atoms with Crippen LogP contribution in [0.15, 0.2) is 18.2 Å². The fourth-order valence-corrected chi connectivity index (χ4v) is 1.51. The summed E-state index contributed by atoms with van der Waals surface area (Å²) in [6.07, 6.45) is 0.735. The number of phenolic OH excluding ortho intramolecular Hbond substituents is 1. The molecule has 0 bridgehead atoms. The second-order valence-electron chi connectivity index (χ2n) is 3.53. The number of hydrogen-bond acceptors (Lipinski definition) is 3. The zero-order chi connectivity index (χ0) is 12.1. The van der Waals surface area contributed by atoms with E-state index in [1.807, 2.05) is 0 Å². The molecule has 1 aromatic rings. The van der Waals surface area contributed by atoms with Gasteiger partial charge < -0.3 is 15.7 Å². The number of aromatic hydroxyl groups is 1. The molecule has 0 saturated carbocycles. The van der Waals surface area contributed by atoms with Crippen LogP contribution in [-0.2, 0) is 0 Å². The van der Waals surface area contributed by atoms with E-state index in [2.05, 4.69) is 0 Å². The summed E-state index contributed by atoms with van der Waals surface area (Å²) in [6.45, 7) is 1.10. The lowest BCUT2D eigenvalue weighted by atomic mass is 10.2. The number of rotatable bonds is 4. The molecule has 0 spiro atoms. The van der Waals surface area contributed by atoms with E-state index in [9.17, 15) is 9.90 Å². The molecule has 16 heavy (non-hydrogen) atoms. The summed E-state index contributed by atoms with van der Waals surface area (Å²) in [5.41, 5.74) is 5.67. The van der Waals surface area contributed by atoms with Gasteiger partial charge in [-0.25, -0.2) is 0 Å². The maximum Gasteiger partial charge on any atom is 0.255 e. The van der Waals surface area contributed by atoms with Crippen molar-refractivity contribution in [2.24, 2.45) is 5.73 Å². The molecule has 0 radical (unpaired) electrons. The summed E-state index contributed by atoms with van der Waals surface area (Å²) in [5.74, 6) is -0.186. The maximum atomic E-state index is 11.9. The molecule has 4 nitrogen and oxygen atoms in total. The van der Waals surface area contributed by atoms with Crippen LogP contribution in [0.4, 0.5) is 0 Å². The monoisotopic (exact) mass is 242 g/mol. The molecule has 0 heterocycles. The molecule has 1 aromatic carbocycles. The highest BCUT2D eigenvalue weighted by atomic mass is 35.5. The van der Waals surface area contributed by atoms with E-state index in [1.54, 1.807) is 7.05 Å². The van der Waals surface area contributed by atoms with E-state index in [-0.39, 0.29) is 11.7 Å². The minimum absolute atomic E-state index is 0.0278. The Morgan fingerprint density at radius 2 is 2.25 bits per heavy atom. The van der Waals surface area contributed by atoms with E-state index < -0.39 is 0 Å². The molecule has 0 saturated heterocycles. The van der Waals surface area contributed by atoms with Crippen molar-refractivity contribution in [3.63, 3.8) is 0 Å². The van der Waals surface area contributed by atoms with Crippen LogP contribution in [0, 0.1) is 0 Å². The van der Waals surface area contributed by atoms with E-state index >= 15 is 0 Å². The first-order chi connectivity index (χ1) is 7.56. The molecule has 0 atom stereocenters. The topological polar surface area (TPSA) is 66.6 Å². The lowest BCUT2D eigenvalue weighted by Crippen LogP contribution is -2.29. The standard InChI is InChI=1S/C11H15ClN2O2/c1-14(6-2-5-13)11(16)9-7-8(15)3-4-10(9)12/h3-4,7,15H,2,5-6,13H2,1H3. The Kier molecular flexibility index (Phi) is 4.58. The fraction of sp³-hybridized carbons (Fsp3) is 0.364. The number of nitrogens with zero attached hydrogens (tertiary/aromatic N) is 1. The highest BCUT2D eigenvalue weighted by Crippen LogP contribution is 2.22. The molecule has 5 heteroatoms. The second kappa shape index (κ2) is 5.72. The smallest absolute Gasteiger partial charge is 0.255 e. The van der Waals surface area contributed by atoms with Gasteiger partial charge >= 0.3 is 0 Å². The number of hydrogen-bond donors (Lipinski definition) is 2. The summed E-state index contributed by atoms with van der Waals surface area (Å²) in [4.78, 5) is 13.4. The van der Waals surface area contributed by atoms with Crippen molar-refractivity contribution in [3.05, 3.63) is 28.8 Å². The molecule has 0 aromatic heterocycles. The van der Waals surface area contributed by atoms with Gasteiger partial charge in [0, 0.05) is 13.6 Å². The second-order valence-corrected chi connectivity index (χ2v) is 3.94. The number of nitrogens with two attached hydrogens (primary N) is 1. The lowest BCUT2D eigenvalue weighted by Gasteiger charge is -2.17. The molecule has 0 aliphatic heterocycles. The fourth-order valence-electron chi connectivity index (χ4n) is 1.31. The Hall–Kier alpha value is -1.26. The number of benzene rings is 1. The van der Waals surface area contributed by atoms with Crippen molar-refractivity contribution >= 4 is 17.5 Å². The van der Waals surface area contributed by atoms with Gasteiger partial charge in [0.1, 0.15) is 5.75 Å². The van der Waals surface area contributed by atoms with Gasteiger partial charge in [0.25, 0.3) is 5.91 Å². The van der Waals surface area contributed by atoms with Crippen LogP contribution >= 0.6 is 11.6 Å². The zero-order valence-corrected chi connectivity index (χ0v) is 9.87. The highest BCUT2D eigenvalue weighted by molar-refractivity contribution is 6.33. The van der Waals surface area contributed by atoms with Gasteiger partial charge in [-0.2, -0.15) is 0 Å². The van der Waals surface area contributed by atoms with Crippen LogP contribution in [-0.4, -0.2) is 36.1 Å². The Morgan fingerprint density at radius 3 is 2.88 bits per heavy atom. The zero-order valence-electron chi connectivity index (χ0n) is 9.11. The summed E-state index contributed by atoms with van der Waals surface area (Å²) < 4.78 is 0. The summed E-state index contributed by atoms with van der Waals surface area (Å²) >= 11 is 5.89. The van der Waals surface area contributed by atoms with Crippen molar-refractivity contribution in [2.45, 2.75) is 6.42 Å². The highest BCUT2D eigenvalue weighted by Gasteiger charge is 2.15. The van der Waals surface area contributed by atoms with Gasteiger partial charge in [0.2, 0.25) is 0 Å². The molecule has 3 N–H and O–H groups in total. The van der Waals surface area contributed by atoms with Gasteiger partial charge in [-0.15, -0.1) is 0 Å². The number of halogens is 1. The third-order valence-corrected chi connectivity index (χ3v) is 2.55. The van der Waals surface area contributed by atoms with Crippen molar-refractivity contribution < 1.29 is 9.90 Å². The first-order valence-corrected chi connectivity index (χ1v) is 5.38. The summed E-state index contributed by atoms with van der Waals surface area (Å²) in [7, 11) is 1.68. The van der Waals surface area contributed by atoms with Gasteiger partial charge in [0.05, 0.1) is 10.6 Å². The molecule has 88 valence electrons. The molecule has 0 aliphatic rings. The third kappa shape index (κ3) is 3.12. The van der Waals surface area contributed by atoms with Crippen LogP contribution in [0.25, 0.3) is 0 Å². The summed E-state index contributed by atoms with van der Waals surface area (Å²) in [5, 5.41) is 9.63. The third-order valence-electron chi connectivity index (χ3n) is 2.22. The van der Waals surface area contributed by atoms with E-state index in [1.165, 1.54) is 23.1 Å². The Balaban J connectivity index is 2.83. The summed E-state index contributed by atoms with van der Waals surface area (Å²) in [6, 6.07) is 4.31. The number of phenols is 1. The van der Waals surface area contributed by atoms with Gasteiger partial charge in [0.15, 0.2) is 0 Å². The Morgan fingerprint density at radius 1 is 1.56 bits per heavy atom. The minimum Gasteiger partial charge on any atom is -0.508 e.